The molecule has 5 nitrogen and oxygen atoms in total. The summed E-state index contributed by atoms with van der Waals surface area (Å²) in [6, 6.07) is 7.13. The molecule has 0 saturated heterocycles. The number of fused-ring (bicyclic) bond motifs is 1. The molecule has 0 radical (unpaired) electrons. The number of furan rings is 1. The Bertz CT molecular complexity index is 658. The number of nitrogens with two attached hydrogens (primary N) is 1. The highest BCUT2D eigenvalue weighted by Crippen LogP contribution is 2.22. The number of hydrogen-bond donors (Lipinski definition) is 1. The molecule has 0 bridgehead atoms. The first kappa shape index (κ1) is 9.41. The molecule has 0 aliphatic carbocycles. The molecule has 0 unspecified atom stereocenters. The number of pyridine rings is 1. The van der Waals surface area contributed by atoms with Gasteiger partial charge in [0.25, 0.3) is 0 Å². The van der Waals surface area contributed by atoms with E-state index in [1.165, 1.54) is 0 Å². The first-order chi connectivity index (χ1) is 7.72. The van der Waals surface area contributed by atoms with Crippen molar-refractivity contribution in [3.05, 3.63) is 35.1 Å². The van der Waals surface area contributed by atoms with Crippen LogP contribution in [0.4, 0.5) is 5.69 Å². The molecule has 0 spiro atoms. The predicted octanol–water partition coefficient (Wildman–Crippen LogP) is 2.33. The molecule has 0 aliphatic heterocycles. The second kappa shape index (κ2) is 3.34. The topological polar surface area (TPSA) is 69.3 Å². The molecule has 0 fully saturated rings. The Balaban J connectivity index is 2.18. The predicted molar refractivity (Wildman–Crippen MR) is 62.8 cm³/mol. The molecule has 2 N–H and O–H groups in total. The number of anilines is 1. The highest BCUT2D eigenvalue weighted by atomic mass is 79.9. The fourth-order valence-corrected chi connectivity index (χ4v) is 1.74. The van der Waals surface area contributed by atoms with E-state index >= 15 is 0 Å². The van der Waals surface area contributed by atoms with E-state index in [1.807, 2.05) is 6.07 Å². The van der Waals surface area contributed by atoms with E-state index in [2.05, 4.69) is 26.0 Å². The third kappa shape index (κ3) is 1.47. The summed E-state index contributed by atoms with van der Waals surface area (Å²) < 4.78 is 7.68. The summed E-state index contributed by atoms with van der Waals surface area (Å²) in [6.45, 7) is 0. The summed E-state index contributed by atoms with van der Waals surface area (Å²) in [5, 5.41) is 4.27. The fourth-order valence-electron chi connectivity index (χ4n) is 1.44. The molecule has 3 aromatic heterocycles. The zero-order valence-corrected chi connectivity index (χ0v) is 9.68. The summed E-state index contributed by atoms with van der Waals surface area (Å²) in [5.74, 6) is 1.16. The Morgan fingerprint density at radius 1 is 1.31 bits per heavy atom. The van der Waals surface area contributed by atoms with Crippen LogP contribution in [-0.4, -0.2) is 14.6 Å². The molecule has 0 aromatic carbocycles. The van der Waals surface area contributed by atoms with Gasteiger partial charge in [0.2, 0.25) is 5.82 Å². The van der Waals surface area contributed by atoms with Crippen LogP contribution < -0.4 is 5.73 Å². The first-order valence-corrected chi connectivity index (χ1v) is 5.39. The number of nitrogen functional groups attached to an aromatic ring is 1. The van der Waals surface area contributed by atoms with Gasteiger partial charge in [-0.15, -0.1) is 5.10 Å². The lowest BCUT2D eigenvalue weighted by molar-refractivity contribution is 0.551. The average molecular weight is 279 g/mol. The van der Waals surface area contributed by atoms with Crippen LogP contribution >= 0.6 is 15.9 Å². The fraction of sp³-hybridized carbons (Fsp3) is 0. The SMILES string of the molecule is Nc1ccn2nc(-c3ccc(Br)o3)nc2c1. The van der Waals surface area contributed by atoms with Crippen molar-refractivity contribution in [2.45, 2.75) is 0 Å². The summed E-state index contributed by atoms with van der Waals surface area (Å²) in [6.07, 6.45) is 1.76. The van der Waals surface area contributed by atoms with Gasteiger partial charge >= 0.3 is 0 Å². The second-order valence-corrected chi connectivity index (χ2v) is 4.08. The minimum atomic E-state index is 0.538. The molecular weight excluding hydrogens is 272 g/mol. The van der Waals surface area contributed by atoms with E-state index < -0.39 is 0 Å². The van der Waals surface area contributed by atoms with Crippen molar-refractivity contribution in [3.63, 3.8) is 0 Å². The van der Waals surface area contributed by atoms with Gasteiger partial charge in [-0.2, -0.15) is 0 Å². The zero-order valence-electron chi connectivity index (χ0n) is 8.09. The first-order valence-electron chi connectivity index (χ1n) is 4.60. The summed E-state index contributed by atoms with van der Waals surface area (Å²) in [7, 11) is 0. The molecule has 80 valence electrons. The van der Waals surface area contributed by atoms with Crippen molar-refractivity contribution < 1.29 is 4.42 Å². The van der Waals surface area contributed by atoms with E-state index in [1.54, 1.807) is 28.9 Å². The van der Waals surface area contributed by atoms with Gasteiger partial charge < -0.3 is 10.2 Å². The van der Waals surface area contributed by atoms with Crippen molar-refractivity contribution in [1.82, 2.24) is 14.6 Å². The Kier molecular flexibility index (Phi) is 1.97. The Labute approximate surface area is 99.0 Å². The Hall–Kier alpha value is -1.82. The van der Waals surface area contributed by atoms with Crippen molar-refractivity contribution in [1.29, 1.82) is 0 Å². The lowest BCUT2D eigenvalue weighted by Crippen LogP contribution is -1.89. The van der Waals surface area contributed by atoms with Gasteiger partial charge in [-0.1, -0.05) is 0 Å². The zero-order chi connectivity index (χ0) is 11.1. The van der Waals surface area contributed by atoms with E-state index in [0.717, 1.165) is 0 Å². The van der Waals surface area contributed by atoms with Crippen LogP contribution in [-0.2, 0) is 0 Å². The van der Waals surface area contributed by atoms with Gasteiger partial charge in [0.05, 0.1) is 0 Å². The summed E-state index contributed by atoms with van der Waals surface area (Å²) in [5.41, 5.74) is 7.02. The maximum absolute atomic E-state index is 5.66. The highest BCUT2D eigenvalue weighted by molar-refractivity contribution is 9.10. The van der Waals surface area contributed by atoms with E-state index in [9.17, 15) is 0 Å². The minimum absolute atomic E-state index is 0.538. The normalized spacial score (nSPS) is 11.1. The van der Waals surface area contributed by atoms with Gasteiger partial charge in [0.15, 0.2) is 16.1 Å². The average Bonchev–Trinajstić information content (AvgIpc) is 2.83. The molecule has 0 amide bonds. The summed E-state index contributed by atoms with van der Waals surface area (Å²) >= 11 is 3.24. The van der Waals surface area contributed by atoms with E-state index in [4.69, 9.17) is 10.2 Å². The molecule has 6 heteroatoms. The third-order valence-electron chi connectivity index (χ3n) is 2.16. The van der Waals surface area contributed by atoms with Crippen LogP contribution in [0.15, 0.2) is 39.5 Å². The molecule has 3 heterocycles. The standard InChI is InChI=1S/C10H7BrN4O/c11-8-2-1-7(16-8)10-13-9-5-6(12)3-4-15(9)14-10/h1-5H,12H2. The van der Waals surface area contributed by atoms with Gasteiger partial charge in [-0.3, -0.25) is 0 Å². The van der Waals surface area contributed by atoms with Crippen molar-refractivity contribution in [2.75, 3.05) is 5.73 Å². The molecular formula is C10H7BrN4O. The monoisotopic (exact) mass is 278 g/mol. The van der Waals surface area contributed by atoms with Crippen LogP contribution in [0.5, 0.6) is 0 Å². The molecule has 16 heavy (non-hydrogen) atoms. The van der Waals surface area contributed by atoms with Crippen LogP contribution in [0.25, 0.3) is 17.2 Å². The van der Waals surface area contributed by atoms with Gasteiger partial charge in [-0.25, -0.2) is 9.50 Å². The second-order valence-electron chi connectivity index (χ2n) is 3.30. The van der Waals surface area contributed by atoms with Gasteiger partial charge in [0.1, 0.15) is 0 Å². The van der Waals surface area contributed by atoms with Crippen LogP contribution in [0.3, 0.4) is 0 Å². The van der Waals surface area contributed by atoms with Crippen molar-refractivity contribution in [2.24, 2.45) is 0 Å². The van der Waals surface area contributed by atoms with Gasteiger partial charge in [-0.05, 0) is 34.1 Å². The largest absolute Gasteiger partial charge is 0.446 e. The minimum Gasteiger partial charge on any atom is -0.446 e. The smallest absolute Gasteiger partial charge is 0.217 e. The molecule has 0 aliphatic rings. The summed E-state index contributed by atoms with van der Waals surface area (Å²) in [4.78, 5) is 4.31. The molecule has 0 atom stereocenters. The maximum atomic E-state index is 5.66. The number of halogens is 1. The Morgan fingerprint density at radius 2 is 2.19 bits per heavy atom. The molecule has 0 saturated carbocycles. The van der Waals surface area contributed by atoms with Crippen LogP contribution in [0.1, 0.15) is 0 Å². The maximum Gasteiger partial charge on any atom is 0.217 e. The van der Waals surface area contributed by atoms with Crippen LogP contribution in [0.2, 0.25) is 0 Å². The van der Waals surface area contributed by atoms with E-state index in [-0.39, 0.29) is 0 Å². The number of rotatable bonds is 1. The number of hydrogen-bond acceptors (Lipinski definition) is 4. The highest BCUT2D eigenvalue weighted by Gasteiger charge is 2.09. The van der Waals surface area contributed by atoms with Crippen molar-refractivity contribution in [3.8, 4) is 11.6 Å². The number of aromatic nitrogens is 3. The quantitative estimate of drug-likeness (QED) is 0.742. The molecule has 3 rings (SSSR count). The van der Waals surface area contributed by atoms with Gasteiger partial charge in [0, 0.05) is 18.0 Å². The molecule has 3 aromatic rings. The van der Waals surface area contributed by atoms with E-state index in [0.29, 0.717) is 27.6 Å². The van der Waals surface area contributed by atoms with Crippen molar-refractivity contribution >= 4 is 27.3 Å². The third-order valence-corrected chi connectivity index (χ3v) is 2.58. The lowest BCUT2D eigenvalue weighted by Gasteiger charge is -1.91. The number of nitrogens with zero attached hydrogens (tertiary/aromatic N) is 3. The lowest BCUT2D eigenvalue weighted by atomic mass is 10.4. The Morgan fingerprint density at radius 3 is 2.94 bits per heavy atom. The van der Waals surface area contributed by atoms with Crippen LogP contribution in [0, 0.1) is 0 Å².